The number of hydrogen-bond acceptors (Lipinski definition) is 1. The van der Waals surface area contributed by atoms with Crippen LogP contribution in [0, 0.1) is 0 Å². The van der Waals surface area contributed by atoms with Crippen molar-refractivity contribution in [2.45, 2.75) is 0 Å². The van der Waals surface area contributed by atoms with Crippen LogP contribution >= 0.6 is 0 Å². The first-order valence-corrected chi connectivity index (χ1v) is 3.86. The molecule has 0 spiro atoms. The molecule has 60 valence electrons. The highest BCUT2D eigenvalue weighted by Crippen LogP contribution is 1.92. The van der Waals surface area contributed by atoms with Gasteiger partial charge in [0.25, 0.3) is 5.91 Å². The Balaban J connectivity index is 2.62. The third-order valence-electron chi connectivity index (χ3n) is 2.04. The van der Waals surface area contributed by atoms with Crippen LogP contribution in [0.25, 0.3) is 12.2 Å². The zero-order valence-corrected chi connectivity index (χ0v) is 6.79. The van der Waals surface area contributed by atoms with Crippen molar-refractivity contribution in [3.8, 4) is 0 Å². The van der Waals surface area contributed by atoms with E-state index in [0.717, 1.165) is 16.0 Å². The van der Waals surface area contributed by atoms with E-state index in [-0.39, 0.29) is 5.91 Å². The second-order valence-corrected chi connectivity index (χ2v) is 2.72. The highest BCUT2D eigenvalue weighted by atomic mass is 16.1. The van der Waals surface area contributed by atoms with Crippen molar-refractivity contribution in [1.29, 1.82) is 0 Å². The van der Waals surface area contributed by atoms with Crippen molar-refractivity contribution in [3.63, 3.8) is 0 Å². The van der Waals surface area contributed by atoms with Crippen LogP contribution in [0.1, 0.15) is 10.4 Å². The molecule has 0 saturated heterocycles. The average Bonchev–Trinajstić information content (AvgIpc) is 2.05. The minimum Gasteiger partial charge on any atom is -0.355 e. The zero-order chi connectivity index (χ0) is 8.55. The lowest BCUT2D eigenvalue weighted by Gasteiger charge is -2.04. The van der Waals surface area contributed by atoms with Crippen LogP contribution in [-0.2, 0) is 0 Å². The summed E-state index contributed by atoms with van der Waals surface area (Å²) in [5, 5.41) is 4.81. The maximum Gasteiger partial charge on any atom is 0.251 e. The summed E-state index contributed by atoms with van der Waals surface area (Å²) in [5.41, 5.74) is 0.762. The van der Waals surface area contributed by atoms with Gasteiger partial charge in [-0.2, -0.15) is 0 Å². The molecule has 0 bridgehead atoms. The first-order chi connectivity index (χ1) is 5.83. The summed E-state index contributed by atoms with van der Waals surface area (Å²) < 4.78 is 0. The van der Waals surface area contributed by atoms with Crippen molar-refractivity contribution in [2.24, 2.45) is 0 Å². The van der Waals surface area contributed by atoms with Crippen LogP contribution in [0.4, 0.5) is 0 Å². The van der Waals surface area contributed by atoms with E-state index in [1.54, 1.807) is 7.05 Å². The Morgan fingerprint density at radius 2 is 2.17 bits per heavy atom. The van der Waals surface area contributed by atoms with Crippen molar-refractivity contribution in [2.75, 3.05) is 7.05 Å². The molecular formula is C10H9NO. The molecule has 0 aromatic heterocycles. The molecule has 1 aromatic carbocycles. The number of carbonyl (C=O) groups is 1. The number of benzene rings is 1. The molecule has 0 fully saturated rings. The summed E-state index contributed by atoms with van der Waals surface area (Å²) in [4.78, 5) is 11.3. The van der Waals surface area contributed by atoms with Gasteiger partial charge in [0.1, 0.15) is 0 Å². The summed E-state index contributed by atoms with van der Waals surface area (Å²) >= 11 is 0. The number of amides is 1. The maximum absolute atomic E-state index is 11.3. The Bertz CT molecular complexity index is 445. The minimum atomic E-state index is -0.0174. The fourth-order valence-electron chi connectivity index (χ4n) is 1.32. The molecule has 1 aliphatic carbocycles. The Morgan fingerprint density at radius 1 is 1.33 bits per heavy atom. The fourth-order valence-corrected chi connectivity index (χ4v) is 1.32. The molecule has 2 nitrogen and oxygen atoms in total. The van der Waals surface area contributed by atoms with E-state index in [1.807, 2.05) is 30.4 Å². The molecule has 0 radical (unpaired) electrons. The molecule has 2 heteroatoms. The van der Waals surface area contributed by atoms with E-state index in [0.29, 0.717) is 0 Å². The molecule has 1 amide bonds. The first kappa shape index (κ1) is 7.10. The highest BCUT2D eigenvalue weighted by Gasteiger charge is 2.06. The van der Waals surface area contributed by atoms with Gasteiger partial charge in [-0.3, -0.25) is 4.79 Å². The largest absolute Gasteiger partial charge is 0.355 e. The molecule has 2 rings (SSSR count). The average molecular weight is 159 g/mol. The number of nitrogens with one attached hydrogen (secondary N) is 1. The third kappa shape index (κ3) is 0.848. The van der Waals surface area contributed by atoms with E-state index in [2.05, 4.69) is 5.32 Å². The molecular weight excluding hydrogens is 150 g/mol. The fraction of sp³-hybridized carbons (Fsp3) is 0.100. The number of carbonyl (C=O) groups excluding carboxylic acids is 1. The van der Waals surface area contributed by atoms with Gasteiger partial charge in [-0.1, -0.05) is 24.3 Å². The summed E-state index contributed by atoms with van der Waals surface area (Å²) in [6.07, 6.45) is 3.96. The van der Waals surface area contributed by atoms with Gasteiger partial charge in [0, 0.05) is 12.6 Å². The van der Waals surface area contributed by atoms with Crippen LogP contribution in [-0.4, -0.2) is 13.0 Å². The minimum absolute atomic E-state index is 0.0174. The van der Waals surface area contributed by atoms with Gasteiger partial charge in [0.15, 0.2) is 0 Å². The van der Waals surface area contributed by atoms with E-state index >= 15 is 0 Å². The molecule has 1 aliphatic rings. The number of hydrogen-bond donors (Lipinski definition) is 1. The van der Waals surface area contributed by atoms with Gasteiger partial charge < -0.3 is 5.32 Å². The summed E-state index contributed by atoms with van der Waals surface area (Å²) in [6.45, 7) is 0. The Morgan fingerprint density at radius 3 is 2.75 bits per heavy atom. The standard InChI is InChI=1S/C10H9NO/c1-11-10(12)9-4-2-3-7-5-6-8(7)9/h2-6H,1H3,(H,11,12). The van der Waals surface area contributed by atoms with Crippen LogP contribution < -0.4 is 15.8 Å². The predicted octanol–water partition coefficient (Wildman–Crippen LogP) is -0.379. The molecule has 12 heavy (non-hydrogen) atoms. The Labute approximate surface area is 70.2 Å². The van der Waals surface area contributed by atoms with Crippen molar-refractivity contribution < 1.29 is 4.79 Å². The molecule has 0 saturated carbocycles. The van der Waals surface area contributed by atoms with Crippen molar-refractivity contribution in [1.82, 2.24) is 5.32 Å². The normalized spacial score (nSPS) is 11.8. The summed E-state index contributed by atoms with van der Waals surface area (Å²) in [6, 6.07) is 5.73. The van der Waals surface area contributed by atoms with Gasteiger partial charge in [-0.25, -0.2) is 0 Å². The second-order valence-electron chi connectivity index (χ2n) is 2.72. The molecule has 0 aliphatic heterocycles. The smallest absolute Gasteiger partial charge is 0.251 e. The van der Waals surface area contributed by atoms with Gasteiger partial charge >= 0.3 is 0 Å². The Hall–Kier alpha value is -1.57. The topological polar surface area (TPSA) is 29.1 Å². The van der Waals surface area contributed by atoms with Crippen LogP contribution in [0.15, 0.2) is 18.2 Å². The number of fused-ring (bicyclic) bond motifs is 1. The highest BCUT2D eigenvalue weighted by molar-refractivity contribution is 5.96. The second kappa shape index (κ2) is 2.48. The van der Waals surface area contributed by atoms with Gasteiger partial charge in [0.05, 0.1) is 0 Å². The molecule has 0 heterocycles. The lowest BCUT2D eigenvalue weighted by atomic mass is 10.0. The first-order valence-electron chi connectivity index (χ1n) is 3.86. The quantitative estimate of drug-likeness (QED) is 0.594. The van der Waals surface area contributed by atoms with Gasteiger partial charge in [-0.05, 0) is 16.5 Å². The lowest BCUT2D eigenvalue weighted by Crippen LogP contribution is -2.38. The molecule has 0 unspecified atom stereocenters. The molecule has 1 aromatic rings. The Kier molecular flexibility index (Phi) is 1.47. The van der Waals surface area contributed by atoms with E-state index in [4.69, 9.17) is 0 Å². The zero-order valence-electron chi connectivity index (χ0n) is 6.79. The summed E-state index contributed by atoms with van der Waals surface area (Å²) in [5.74, 6) is -0.0174. The number of rotatable bonds is 1. The van der Waals surface area contributed by atoms with Gasteiger partial charge in [0.2, 0.25) is 0 Å². The van der Waals surface area contributed by atoms with Crippen molar-refractivity contribution >= 4 is 18.1 Å². The van der Waals surface area contributed by atoms with E-state index in [9.17, 15) is 4.79 Å². The van der Waals surface area contributed by atoms with E-state index in [1.165, 1.54) is 0 Å². The monoisotopic (exact) mass is 159 g/mol. The molecule has 0 atom stereocenters. The predicted molar refractivity (Wildman–Crippen MR) is 48.0 cm³/mol. The maximum atomic E-state index is 11.3. The van der Waals surface area contributed by atoms with E-state index < -0.39 is 0 Å². The molecule has 1 N–H and O–H groups in total. The summed E-state index contributed by atoms with van der Waals surface area (Å²) in [7, 11) is 1.64. The SMILES string of the molecule is CNC(=O)c1cccc2c1=CC=2. The van der Waals surface area contributed by atoms with Gasteiger partial charge in [-0.15, -0.1) is 0 Å². The lowest BCUT2D eigenvalue weighted by molar-refractivity contribution is 0.0962. The van der Waals surface area contributed by atoms with Crippen LogP contribution in [0.3, 0.4) is 0 Å². The van der Waals surface area contributed by atoms with Crippen molar-refractivity contribution in [3.05, 3.63) is 34.2 Å². The van der Waals surface area contributed by atoms with Crippen LogP contribution in [0.2, 0.25) is 0 Å². The third-order valence-corrected chi connectivity index (χ3v) is 2.04. The van der Waals surface area contributed by atoms with Crippen LogP contribution in [0.5, 0.6) is 0 Å².